The lowest BCUT2D eigenvalue weighted by atomic mass is 10.0. The average Bonchev–Trinajstić information content (AvgIpc) is 3.27. The van der Waals surface area contributed by atoms with Gasteiger partial charge >= 0.3 is 0 Å². The highest BCUT2D eigenvalue weighted by molar-refractivity contribution is 9.10. The van der Waals surface area contributed by atoms with Gasteiger partial charge in [0.25, 0.3) is 0 Å². The first kappa shape index (κ1) is 17.3. The standard InChI is InChI=1S/C26H18BrNS/c1-2-28-23-6-4-3-5-19(23)20-13-16(7-10-24(20)28)17-8-11-25-21(14-17)22-15-18(27)9-12-26(22)29-25/h3-15H,2H2,1H3. The van der Waals surface area contributed by atoms with Gasteiger partial charge in [-0.05, 0) is 66.6 Å². The fraction of sp³-hybridized carbons (Fsp3) is 0.0769. The Kier molecular flexibility index (Phi) is 3.84. The Morgan fingerprint density at radius 1 is 0.690 bits per heavy atom. The van der Waals surface area contributed by atoms with Crippen molar-refractivity contribution < 1.29 is 0 Å². The highest BCUT2D eigenvalue weighted by atomic mass is 79.9. The molecule has 0 saturated heterocycles. The molecule has 4 aromatic carbocycles. The van der Waals surface area contributed by atoms with E-state index in [0.29, 0.717) is 0 Å². The second-order valence-corrected chi connectivity index (χ2v) is 9.45. The molecule has 0 aliphatic rings. The van der Waals surface area contributed by atoms with Gasteiger partial charge in [0, 0.05) is 53.0 Å². The van der Waals surface area contributed by atoms with E-state index in [-0.39, 0.29) is 0 Å². The second kappa shape index (κ2) is 6.45. The Morgan fingerprint density at radius 2 is 1.34 bits per heavy atom. The van der Waals surface area contributed by atoms with Crippen molar-refractivity contribution in [3.05, 3.63) is 83.3 Å². The maximum atomic E-state index is 3.63. The van der Waals surface area contributed by atoms with Crippen molar-refractivity contribution in [3.63, 3.8) is 0 Å². The van der Waals surface area contributed by atoms with Crippen LogP contribution in [-0.4, -0.2) is 4.57 Å². The molecule has 0 atom stereocenters. The van der Waals surface area contributed by atoms with Crippen LogP contribution in [0, 0.1) is 0 Å². The van der Waals surface area contributed by atoms with Crippen LogP contribution in [0.3, 0.4) is 0 Å². The van der Waals surface area contributed by atoms with E-state index >= 15 is 0 Å². The predicted molar refractivity (Wildman–Crippen MR) is 131 cm³/mol. The van der Waals surface area contributed by atoms with E-state index in [1.54, 1.807) is 0 Å². The normalized spacial score (nSPS) is 11.9. The van der Waals surface area contributed by atoms with Crippen molar-refractivity contribution >= 4 is 69.2 Å². The summed E-state index contributed by atoms with van der Waals surface area (Å²) < 4.78 is 6.21. The fourth-order valence-electron chi connectivity index (χ4n) is 4.50. The SMILES string of the molecule is CCn1c2ccccc2c2cc(-c3ccc4sc5ccc(Br)cc5c4c3)ccc21. The summed E-state index contributed by atoms with van der Waals surface area (Å²) in [7, 11) is 0. The number of aryl methyl sites for hydroxylation is 1. The highest BCUT2D eigenvalue weighted by Gasteiger charge is 2.12. The molecule has 0 N–H and O–H groups in total. The van der Waals surface area contributed by atoms with E-state index in [4.69, 9.17) is 0 Å². The lowest BCUT2D eigenvalue weighted by molar-refractivity contribution is 0.827. The summed E-state index contributed by atoms with van der Waals surface area (Å²) in [5.74, 6) is 0. The zero-order valence-electron chi connectivity index (χ0n) is 15.9. The molecule has 0 aliphatic carbocycles. The molecule has 1 nitrogen and oxygen atoms in total. The number of para-hydroxylation sites is 1. The average molecular weight is 456 g/mol. The molecular formula is C26H18BrNS. The third-order valence-corrected chi connectivity index (χ3v) is 7.50. The molecule has 6 aromatic rings. The van der Waals surface area contributed by atoms with E-state index in [2.05, 4.69) is 106 Å². The summed E-state index contributed by atoms with van der Waals surface area (Å²) in [6.45, 7) is 3.19. The summed E-state index contributed by atoms with van der Waals surface area (Å²) >= 11 is 5.49. The van der Waals surface area contributed by atoms with Crippen LogP contribution in [0.15, 0.2) is 83.3 Å². The molecule has 3 heteroatoms. The molecule has 0 aliphatic heterocycles. The smallest absolute Gasteiger partial charge is 0.0491 e. The lowest BCUT2D eigenvalue weighted by Crippen LogP contribution is -1.92. The Balaban J connectivity index is 1.61. The fourth-order valence-corrected chi connectivity index (χ4v) is 5.93. The van der Waals surface area contributed by atoms with E-state index in [9.17, 15) is 0 Å². The summed E-state index contributed by atoms with van der Waals surface area (Å²) in [5, 5.41) is 5.32. The number of thiophene rings is 1. The summed E-state index contributed by atoms with van der Waals surface area (Å²) in [6, 6.07) is 29.0. The number of aromatic nitrogens is 1. The minimum absolute atomic E-state index is 0.977. The van der Waals surface area contributed by atoms with Crippen molar-refractivity contribution in [2.45, 2.75) is 13.5 Å². The first-order chi connectivity index (χ1) is 14.2. The molecule has 2 heterocycles. The maximum absolute atomic E-state index is 3.63. The van der Waals surface area contributed by atoms with Gasteiger partial charge < -0.3 is 4.57 Å². The van der Waals surface area contributed by atoms with Gasteiger partial charge in [0.1, 0.15) is 0 Å². The van der Waals surface area contributed by atoms with Gasteiger partial charge in [0.2, 0.25) is 0 Å². The Hall–Kier alpha value is -2.62. The topological polar surface area (TPSA) is 4.93 Å². The lowest BCUT2D eigenvalue weighted by Gasteiger charge is -2.05. The number of nitrogens with zero attached hydrogens (tertiary/aromatic N) is 1. The molecule has 0 spiro atoms. The molecule has 0 saturated carbocycles. The van der Waals surface area contributed by atoms with Crippen LogP contribution in [0.25, 0.3) is 53.1 Å². The van der Waals surface area contributed by atoms with E-state index in [0.717, 1.165) is 11.0 Å². The van der Waals surface area contributed by atoms with Crippen molar-refractivity contribution in [3.8, 4) is 11.1 Å². The van der Waals surface area contributed by atoms with Crippen LogP contribution >= 0.6 is 27.3 Å². The summed E-state index contributed by atoms with van der Waals surface area (Å²) in [4.78, 5) is 0. The molecule has 0 radical (unpaired) electrons. The molecule has 0 unspecified atom stereocenters. The molecule has 0 fully saturated rings. The summed E-state index contributed by atoms with van der Waals surface area (Å²) in [6.07, 6.45) is 0. The van der Waals surface area contributed by atoms with Gasteiger partial charge in [-0.2, -0.15) is 0 Å². The first-order valence-corrected chi connectivity index (χ1v) is 11.5. The monoisotopic (exact) mass is 455 g/mol. The largest absolute Gasteiger partial charge is 0.341 e. The molecule has 0 amide bonds. The number of hydrogen-bond acceptors (Lipinski definition) is 1. The molecule has 0 bridgehead atoms. The zero-order valence-corrected chi connectivity index (χ0v) is 18.3. The molecular weight excluding hydrogens is 438 g/mol. The van der Waals surface area contributed by atoms with E-state index in [1.165, 1.54) is 53.1 Å². The van der Waals surface area contributed by atoms with Crippen LogP contribution in [-0.2, 0) is 6.54 Å². The van der Waals surface area contributed by atoms with Gasteiger partial charge in [-0.3, -0.25) is 0 Å². The second-order valence-electron chi connectivity index (χ2n) is 7.45. The van der Waals surface area contributed by atoms with Gasteiger partial charge in [-0.1, -0.05) is 46.3 Å². The number of benzene rings is 4. The van der Waals surface area contributed by atoms with Gasteiger partial charge in [-0.25, -0.2) is 0 Å². The van der Waals surface area contributed by atoms with Crippen molar-refractivity contribution in [2.24, 2.45) is 0 Å². The van der Waals surface area contributed by atoms with Crippen LogP contribution in [0.1, 0.15) is 6.92 Å². The van der Waals surface area contributed by atoms with E-state index in [1.807, 2.05) is 11.3 Å². The minimum atomic E-state index is 0.977. The Morgan fingerprint density at radius 3 is 2.17 bits per heavy atom. The third kappa shape index (κ3) is 2.58. The van der Waals surface area contributed by atoms with Crippen LogP contribution in [0.2, 0.25) is 0 Å². The van der Waals surface area contributed by atoms with E-state index < -0.39 is 0 Å². The molecule has 140 valence electrons. The van der Waals surface area contributed by atoms with Crippen LogP contribution in [0.4, 0.5) is 0 Å². The predicted octanol–water partition coefficient (Wildman–Crippen LogP) is 8.61. The van der Waals surface area contributed by atoms with Gasteiger partial charge in [0.15, 0.2) is 0 Å². The Labute approximate surface area is 181 Å². The van der Waals surface area contributed by atoms with Crippen molar-refractivity contribution in [1.82, 2.24) is 4.57 Å². The van der Waals surface area contributed by atoms with Gasteiger partial charge in [0.05, 0.1) is 0 Å². The zero-order chi connectivity index (χ0) is 19.5. The number of halogens is 1. The molecule has 29 heavy (non-hydrogen) atoms. The number of rotatable bonds is 2. The molecule has 2 aromatic heterocycles. The maximum Gasteiger partial charge on any atom is 0.0491 e. The van der Waals surface area contributed by atoms with Crippen LogP contribution < -0.4 is 0 Å². The number of hydrogen-bond donors (Lipinski definition) is 0. The van der Waals surface area contributed by atoms with Crippen molar-refractivity contribution in [2.75, 3.05) is 0 Å². The quantitative estimate of drug-likeness (QED) is 0.246. The first-order valence-electron chi connectivity index (χ1n) is 9.86. The molecule has 6 rings (SSSR count). The summed E-state index contributed by atoms with van der Waals surface area (Å²) in [5.41, 5.74) is 5.16. The van der Waals surface area contributed by atoms with Crippen molar-refractivity contribution in [1.29, 1.82) is 0 Å². The number of fused-ring (bicyclic) bond motifs is 6. The minimum Gasteiger partial charge on any atom is -0.341 e. The Bertz CT molecular complexity index is 1550. The highest BCUT2D eigenvalue weighted by Crippen LogP contribution is 2.39. The third-order valence-electron chi connectivity index (χ3n) is 5.85. The van der Waals surface area contributed by atoms with Gasteiger partial charge in [-0.15, -0.1) is 11.3 Å². The van der Waals surface area contributed by atoms with Crippen LogP contribution in [0.5, 0.6) is 0 Å².